The molecule has 0 radical (unpaired) electrons. The van der Waals surface area contributed by atoms with Crippen LogP contribution in [0.25, 0.3) is 0 Å². The molecule has 1 fully saturated rings. The van der Waals surface area contributed by atoms with E-state index in [2.05, 4.69) is 16.0 Å². The molecule has 10 nitrogen and oxygen atoms in total. The predicted octanol–water partition coefficient (Wildman–Crippen LogP) is 2.91. The van der Waals surface area contributed by atoms with Crippen molar-refractivity contribution in [1.82, 2.24) is 5.32 Å². The van der Waals surface area contributed by atoms with Gasteiger partial charge < -0.3 is 31.1 Å². The average Bonchev–Trinajstić information content (AvgIpc) is 3.35. The van der Waals surface area contributed by atoms with Gasteiger partial charge in [0.1, 0.15) is 6.04 Å². The van der Waals surface area contributed by atoms with Crippen LogP contribution in [0.4, 0.5) is 17.1 Å². The molecule has 5 N–H and O–H groups in total. The minimum Gasteiger partial charge on any atom is -0.478 e. The molecule has 3 aromatic carbocycles. The van der Waals surface area contributed by atoms with Crippen LogP contribution in [-0.4, -0.2) is 59.1 Å². The van der Waals surface area contributed by atoms with E-state index in [1.165, 1.54) is 30.3 Å². The van der Waals surface area contributed by atoms with E-state index in [1.807, 2.05) is 11.0 Å². The molecule has 11 heteroatoms. The number of β-amino-alcohol motifs (C(OH)–C–C–N with tert-alkyl or cyclic N) is 1. The van der Waals surface area contributed by atoms with Crippen molar-refractivity contribution in [2.75, 3.05) is 28.6 Å². The zero-order chi connectivity index (χ0) is 27.9. The zero-order valence-electron chi connectivity index (χ0n) is 20.8. The maximum Gasteiger partial charge on any atom is 0.335 e. The van der Waals surface area contributed by atoms with Crippen LogP contribution in [-0.2, 0) is 20.8 Å². The molecule has 1 saturated heterocycles. The van der Waals surface area contributed by atoms with Gasteiger partial charge in [-0.15, -0.1) is 0 Å². The highest BCUT2D eigenvalue weighted by molar-refractivity contribution is 6.40. The minimum absolute atomic E-state index is 0.0580. The molecule has 0 saturated carbocycles. The number of amides is 3. The number of hydrogen-bond acceptors (Lipinski definition) is 6. The van der Waals surface area contributed by atoms with E-state index in [1.54, 1.807) is 36.4 Å². The fourth-order valence-electron chi connectivity index (χ4n) is 4.23. The summed E-state index contributed by atoms with van der Waals surface area (Å²) in [6.45, 7) is 0.952. The van der Waals surface area contributed by atoms with Crippen molar-refractivity contribution in [3.63, 3.8) is 0 Å². The second-order valence-corrected chi connectivity index (χ2v) is 9.53. The van der Waals surface area contributed by atoms with Crippen molar-refractivity contribution < 1.29 is 29.4 Å². The number of aromatic carboxylic acids is 1. The number of rotatable bonds is 8. The van der Waals surface area contributed by atoms with Crippen molar-refractivity contribution in [1.29, 1.82) is 0 Å². The number of carboxylic acid groups (broad SMARTS) is 1. The van der Waals surface area contributed by atoms with Gasteiger partial charge in [-0.3, -0.25) is 14.4 Å². The van der Waals surface area contributed by atoms with Crippen molar-refractivity contribution >= 4 is 52.4 Å². The van der Waals surface area contributed by atoms with Crippen molar-refractivity contribution in [2.45, 2.75) is 25.0 Å². The van der Waals surface area contributed by atoms with Crippen LogP contribution >= 0.6 is 11.6 Å². The van der Waals surface area contributed by atoms with Gasteiger partial charge in [0.05, 0.1) is 23.0 Å². The number of aliphatic hydroxyl groups is 1. The van der Waals surface area contributed by atoms with E-state index >= 15 is 0 Å². The first kappa shape index (κ1) is 27.6. The summed E-state index contributed by atoms with van der Waals surface area (Å²) in [7, 11) is 0. The number of hydrogen-bond donors (Lipinski definition) is 5. The summed E-state index contributed by atoms with van der Waals surface area (Å²) in [5.74, 6) is -3.70. The molecule has 39 heavy (non-hydrogen) atoms. The molecule has 2 atom stereocenters. The van der Waals surface area contributed by atoms with Crippen LogP contribution in [0.2, 0.25) is 5.02 Å². The molecule has 202 valence electrons. The molecule has 3 aromatic rings. The number of carbonyl (C=O) groups is 4. The smallest absolute Gasteiger partial charge is 0.335 e. The Morgan fingerprint density at radius 1 is 0.949 bits per heavy atom. The van der Waals surface area contributed by atoms with Crippen LogP contribution in [0.1, 0.15) is 22.3 Å². The molecule has 2 unspecified atom stereocenters. The van der Waals surface area contributed by atoms with Gasteiger partial charge in [-0.1, -0.05) is 41.9 Å². The lowest BCUT2D eigenvalue weighted by Gasteiger charge is -2.22. The van der Waals surface area contributed by atoms with E-state index in [-0.39, 0.29) is 12.0 Å². The van der Waals surface area contributed by atoms with Crippen molar-refractivity contribution in [3.05, 3.63) is 88.9 Å². The summed E-state index contributed by atoms with van der Waals surface area (Å²) in [5.41, 5.74) is 2.06. The first-order chi connectivity index (χ1) is 18.7. The summed E-state index contributed by atoms with van der Waals surface area (Å²) >= 11 is 6.13. The fourth-order valence-corrected chi connectivity index (χ4v) is 4.40. The predicted molar refractivity (Wildman–Crippen MR) is 147 cm³/mol. The highest BCUT2D eigenvalue weighted by Gasteiger charge is 2.27. The normalized spacial score (nSPS) is 15.3. The molecule has 4 rings (SSSR count). The average molecular weight is 551 g/mol. The number of carboxylic acids is 1. The third kappa shape index (κ3) is 7.34. The number of anilines is 3. The van der Waals surface area contributed by atoms with Gasteiger partial charge in [0.25, 0.3) is 0 Å². The lowest BCUT2D eigenvalue weighted by molar-refractivity contribution is -0.137. The summed E-state index contributed by atoms with van der Waals surface area (Å²) < 4.78 is 0. The number of benzene rings is 3. The van der Waals surface area contributed by atoms with Gasteiger partial charge in [0.2, 0.25) is 5.91 Å². The Labute approximate surface area is 229 Å². The SMILES string of the molecule is O=C(Nc1cc(Cl)ccc1N1CCC(O)C1)C(=O)NC(Cc1ccccc1)C(=O)Nc1ccc(C(=O)O)cc1. The first-order valence-electron chi connectivity index (χ1n) is 12.2. The minimum atomic E-state index is -1.11. The van der Waals surface area contributed by atoms with E-state index in [4.69, 9.17) is 16.7 Å². The van der Waals surface area contributed by atoms with Gasteiger partial charge in [-0.25, -0.2) is 4.79 Å². The van der Waals surface area contributed by atoms with Crippen LogP contribution < -0.4 is 20.9 Å². The summed E-state index contributed by atoms with van der Waals surface area (Å²) in [4.78, 5) is 52.0. The largest absolute Gasteiger partial charge is 0.478 e. The number of nitrogens with one attached hydrogen (secondary N) is 3. The highest BCUT2D eigenvalue weighted by atomic mass is 35.5. The van der Waals surface area contributed by atoms with Crippen molar-refractivity contribution in [3.8, 4) is 0 Å². The second-order valence-electron chi connectivity index (χ2n) is 9.09. The topological polar surface area (TPSA) is 148 Å². The number of aliphatic hydroxyl groups excluding tert-OH is 1. The third-order valence-corrected chi connectivity index (χ3v) is 6.46. The Morgan fingerprint density at radius 2 is 1.67 bits per heavy atom. The molecule has 0 aromatic heterocycles. The molecule has 1 heterocycles. The molecular weight excluding hydrogens is 524 g/mol. The Morgan fingerprint density at radius 3 is 2.31 bits per heavy atom. The number of halogens is 1. The zero-order valence-corrected chi connectivity index (χ0v) is 21.5. The summed E-state index contributed by atoms with van der Waals surface area (Å²) in [6, 6.07) is 18.3. The molecule has 0 spiro atoms. The van der Waals surface area contributed by atoms with Crippen LogP contribution in [0.3, 0.4) is 0 Å². The Bertz CT molecular complexity index is 1370. The molecule has 0 aliphatic carbocycles. The molecule has 1 aliphatic heterocycles. The highest BCUT2D eigenvalue weighted by Crippen LogP contribution is 2.31. The van der Waals surface area contributed by atoms with E-state index in [0.717, 1.165) is 5.56 Å². The van der Waals surface area contributed by atoms with Gasteiger partial charge in [-0.05, 0) is 54.4 Å². The molecule has 1 aliphatic rings. The van der Waals surface area contributed by atoms with E-state index in [9.17, 15) is 24.3 Å². The monoisotopic (exact) mass is 550 g/mol. The summed E-state index contributed by atoms with van der Waals surface area (Å²) in [6.07, 6.45) is 0.184. The molecular formula is C28H27ClN4O6. The van der Waals surface area contributed by atoms with E-state index < -0.39 is 35.8 Å². The van der Waals surface area contributed by atoms with Crippen LogP contribution in [0.5, 0.6) is 0 Å². The first-order valence-corrected chi connectivity index (χ1v) is 12.6. The third-order valence-electron chi connectivity index (χ3n) is 6.22. The van der Waals surface area contributed by atoms with Gasteiger partial charge in [0.15, 0.2) is 0 Å². The quantitative estimate of drug-likeness (QED) is 0.271. The number of nitrogens with zero attached hydrogens (tertiary/aromatic N) is 1. The van der Waals surface area contributed by atoms with Crippen LogP contribution in [0, 0.1) is 0 Å². The Hall–Kier alpha value is -4.41. The van der Waals surface area contributed by atoms with Crippen LogP contribution in [0.15, 0.2) is 72.8 Å². The Balaban J connectivity index is 1.49. The summed E-state index contributed by atoms with van der Waals surface area (Å²) in [5, 5.41) is 27.1. The second kappa shape index (κ2) is 12.4. The fraction of sp³-hybridized carbons (Fsp3) is 0.214. The lowest BCUT2D eigenvalue weighted by atomic mass is 10.0. The lowest BCUT2D eigenvalue weighted by Crippen LogP contribution is -2.49. The van der Waals surface area contributed by atoms with Gasteiger partial charge in [0, 0.05) is 30.2 Å². The van der Waals surface area contributed by atoms with Gasteiger partial charge in [-0.2, -0.15) is 0 Å². The maximum atomic E-state index is 13.1. The van der Waals surface area contributed by atoms with Gasteiger partial charge >= 0.3 is 17.8 Å². The van der Waals surface area contributed by atoms with E-state index in [0.29, 0.717) is 41.6 Å². The Kier molecular flexibility index (Phi) is 8.80. The van der Waals surface area contributed by atoms with Crippen molar-refractivity contribution in [2.24, 2.45) is 0 Å². The standard InChI is InChI=1S/C28H27ClN4O6/c29-19-8-11-24(33-13-12-21(34)16-33)22(15-19)31-26(36)27(37)32-23(14-17-4-2-1-3-5-17)25(35)30-20-9-6-18(7-10-20)28(38)39/h1-11,15,21,23,34H,12-14,16H2,(H,30,35)(H,31,36)(H,32,37)(H,38,39). The molecule has 3 amide bonds. The molecule has 0 bridgehead atoms. The number of carbonyl (C=O) groups excluding carboxylic acids is 3. The maximum absolute atomic E-state index is 13.1.